The van der Waals surface area contributed by atoms with E-state index in [-0.39, 0.29) is 10.6 Å². The molecule has 0 aliphatic carbocycles. The van der Waals surface area contributed by atoms with Crippen molar-refractivity contribution in [3.63, 3.8) is 0 Å². The van der Waals surface area contributed by atoms with E-state index < -0.39 is 11.7 Å². The minimum atomic E-state index is -4.43. The Hall–Kier alpha value is -2.30. The van der Waals surface area contributed by atoms with Gasteiger partial charge in [0.15, 0.2) is 5.75 Å². The van der Waals surface area contributed by atoms with Gasteiger partial charge in [-0.25, -0.2) is 4.99 Å². The fraction of sp³-hybridized carbons (Fsp3) is 0.0714. The molecule has 19 heavy (non-hydrogen) atoms. The van der Waals surface area contributed by atoms with Crippen molar-refractivity contribution in [1.29, 1.82) is 0 Å². The Bertz CT molecular complexity index is 750. The van der Waals surface area contributed by atoms with Gasteiger partial charge in [-0.3, -0.25) is 0 Å². The zero-order valence-electron chi connectivity index (χ0n) is 9.61. The molecule has 0 saturated carbocycles. The van der Waals surface area contributed by atoms with Crippen LogP contribution in [0.5, 0.6) is 5.75 Å². The van der Waals surface area contributed by atoms with E-state index in [0.29, 0.717) is 11.4 Å². The first-order chi connectivity index (χ1) is 9.05. The molecule has 5 heteroatoms. The van der Waals surface area contributed by atoms with Gasteiger partial charge in [0.05, 0.1) is 10.9 Å². The first-order valence-corrected chi connectivity index (χ1v) is 5.56. The van der Waals surface area contributed by atoms with E-state index in [1.165, 1.54) is 12.1 Å². The zero-order valence-corrected chi connectivity index (χ0v) is 9.61. The molecule has 0 unspecified atom stereocenters. The minimum absolute atomic E-state index is 0.0498. The van der Waals surface area contributed by atoms with Gasteiger partial charge in [-0.1, -0.05) is 18.2 Å². The van der Waals surface area contributed by atoms with Crippen LogP contribution in [0.1, 0.15) is 5.56 Å². The number of para-hydroxylation sites is 2. The summed E-state index contributed by atoms with van der Waals surface area (Å²) >= 11 is 0. The molecule has 0 amide bonds. The van der Waals surface area contributed by atoms with E-state index in [1.54, 1.807) is 24.3 Å². The van der Waals surface area contributed by atoms with Crippen molar-refractivity contribution in [1.82, 2.24) is 0 Å². The second-order valence-electron chi connectivity index (χ2n) is 4.05. The maximum atomic E-state index is 12.9. The summed E-state index contributed by atoms with van der Waals surface area (Å²) < 4.78 is 44.1. The van der Waals surface area contributed by atoms with E-state index in [4.69, 9.17) is 4.74 Å². The van der Waals surface area contributed by atoms with Gasteiger partial charge in [0.25, 0.3) is 0 Å². The Morgan fingerprint density at radius 2 is 1.74 bits per heavy atom. The second kappa shape index (κ2) is 4.12. The number of rotatable bonds is 0. The third-order valence-electron chi connectivity index (χ3n) is 2.80. The Morgan fingerprint density at radius 3 is 2.53 bits per heavy atom. The zero-order chi connectivity index (χ0) is 13.5. The molecule has 0 radical (unpaired) electrons. The third-order valence-corrected chi connectivity index (χ3v) is 2.80. The number of benzene rings is 2. The highest BCUT2D eigenvalue weighted by Gasteiger charge is 2.32. The molecule has 2 aromatic rings. The van der Waals surface area contributed by atoms with Crippen LogP contribution >= 0.6 is 0 Å². The molecule has 3 rings (SSSR count). The van der Waals surface area contributed by atoms with Crippen molar-refractivity contribution < 1.29 is 17.9 Å². The molecule has 0 spiro atoms. The van der Waals surface area contributed by atoms with Crippen LogP contribution in [0, 0.1) is 0 Å². The summed E-state index contributed by atoms with van der Waals surface area (Å²) in [5, 5.41) is 0.200. The standard InChI is InChI=1S/C14H8F3NO/c15-14(16,17)10-4-3-6-11-9(10)8-19-13-7-2-1-5-12(13)18-11/h1-8H. The Balaban J connectivity index is 2.33. The molecule has 0 atom stereocenters. The van der Waals surface area contributed by atoms with Crippen molar-refractivity contribution >= 4 is 11.9 Å². The summed E-state index contributed by atoms with van der Waals surface area (Å²) in [6, 6.07) is 10.7. The second-order valence-corrected chi connectivity index (χ2v) is 4.05. The van der Waals surface area contributed by atoms with E-state index in [0.717, 1.165) is 12.3 Å². The van der Waals surface area contributed by atoms with E-state index in [2.05, 4.69) is 4.99 Å². The maximum Gasteiger partial charge on any atom is 0.417 e. The van der Waals surface area contributed by atoms with Crippen LogP contribution in [0.3, 0.4) is 0 Å². The van der Waals surface area contributed by atoms with Gasteiger partial charge in [-0.05, 0) is 24.3 Å². The number of fused-ring (bicyclic) bond motifs is 2. The summed E-state index contributed by atoms with van der Waals surface area (Å²) in [5.74, 6) is 0.437. The molecule has 2 nitrogen and oxygen atoms in total. The minimum Gasteiger partial charge on any atom is -0.462 e. The molecule has 1 aliphatic rings. The number of alkyl halides is 3. The van der Waals surface area contributed by atoms with Gasteiger partial charge >= 0.3 is 6.18 Å². The first kappa shape index (κ1) is 11.8. The van der Waals surface area contributed by atoms with Crippen LogP contribution in [-0.2, 0) is 6.18 Å². The van der Waals surface area contributed by atoms with E-state index in [9.17, 15) is 13.2 Å². The largest absolute Gasteiger partial charge is 0.462 e. The van der Waals surface area contributed by atoms with Crippen molar-refractivity contribution in [3.8, 4) is 5.75 Å². The highest BCUT2D eigenvalue weighted by Crippen LogP contribution is 2.29. The SMILES string of the molecule is FC(F)(F)c1cccc2c1=COc1ccccc1N=2. The Morgan fingerprint density at radius 1 is 0.947 bits per heavy atom. The molecule has 2 aromatic carbocycles. The Kier molecular flexibility index (Phi) is 2.55. The lowest BCUT2D eigenvalue weighted by atomic mass is 10.1. The fourth-order valence-electron chi connectivity index (χ4n) is 1.92. The number of hydrogen-bond acceptors (Lipinski definition) is 2. The maximum absolute atomic E-state index is 12.9. The molecule has 1 heterocycles. The molecule has 0 aromatic heterocycles. The summed E-state index contributed by atoms with van der Waals surface area (Å²) in [7, 11) is 0. The van der Waals surface area contributed by atoms with Crippen LogP contribution in [0.4, 0.5) is 18.9 Å². The average molecular weight is 263 g/mol. The topological polar surface area (TPSA) is 21.6 Å². The lowest BCUT2D eigenvalue weighted by Gasteiger charge is -2.06. The van der Waals surface area contributed by atoms with Gasteiger partial charge in [-0.2, -0.15) is 13.2 Å². The van der Waals surface area contributed by atoms with Gasteiger partial charge < -0.3 is 4.74 Å². The monoisotopic (exact) mass is 263 g/mol. The Labute approximate surface area is 106 Å². The highest BCUT2D eigenvalue weighted by molar-refractivity contribution is 5.54. The summed E-state index contributed by atoms with van der Waals surface area (Å²) in [5.41, 5.74) is -0.238. The average Bonchev–Trinajstić information content (AvgIpc) is 2.55. The number of hydrogen-bond donors (Lipinski definition) is 0. The van der Waals surface area contributed by atoms with E-state index in [1.807, 2.05) is 0 Å². The number of halogens is 3. The first-order valence-electron chi connectivity index (χ1n) is 5.56. The molecule has 96 valence electrons. The van der Waals surface area contributed by atoms with E-state index >= 15 is 0 Å². The summed E-state index contributed by atoms with van der Waals surface area (Å²) in [4.78, 5) is 4.22. The van der Waals surface area contributed by atoms with Gasteiger partial charge in [-0.15, -0.1) is 0 Å². The molecule has 0 bridgehead atoms. The van der Waals surface area contributed by atoms with Gasteiger partial charge in [0.2, 0.25) is 0 Å². The van der Waals surface area contributed by atoms with Crippen LogP contribution in [0.25, 0.3) is 6.26 Å². The molecule has 0 N–H and O–H groups in total. The lowest BCUT2D eigenvalue weighted by Crippen LogP contribution is -2.32. The van der Waals surface area contributed by atoms with Crippen molar-refractivity contribution in [2.75, 3.05) is 0 Å². The number of nitrogens with zero attached hydrogens (tertiary/aromatic N) is 1. The predicted molar refractivity (Wildman–Crippen MR) is 63.4 cm³/mol. The molecular weight excluding hydrogens is 255 g/mol. The van der Waals surface area contributed by atoms with Crippen LogP contribution < -0.4 is 15.3 Å². The van der Waals surface area contributed by atoms with Crippen LogP contribution in [-0.4, -0.2) is 0 Å². The smallest absolute Gasteiger partial charge is 0.417 e. The third kappa shape index (κ3) is 2.07. The van der Waals surface area contributed by atoms with Gasteiger partial charge in [0, 0.05) is 5.22 Å². The van der Waals surface area contributed by atoms with Crippen molar-refractivity contribution in [2.45, 2.75) is 6.18 Å². The number of ether oxygens (including phenoxy) is 1. The summed E-state index contributed by atoms with van der Waals surface area (Å²) in [6.07, 6.45) is -3.33. The summed E-state index contributed by atoms with van der Waals surface area (Å²) in [6.45, 7) is 0. The van der Waals surface area contributed by atoms with Crippen LogP contribution in [0.15, 0.2) is 47.5 Å². The molecular formula is C14H8F3NO. The fourth-order valence-corrected chi connectivity index (χ4v) is 1.92. The van der Waals surface area contributed by atoms with Gasteiger partial charge in [0.1, 0.15) is 11.9 Å². The molecule has 0 saturated heterocycles. The normalized spacial score (nSPS) is 13.2. The van der Waals surface area contributed by atoms with Crippen molar-refractivity contribution in [3.05, 3.63) is 58.6 Å². The molecule has 1 aliphatic heterocycles. The molecule has 0 fully saturated rings. The lowest BCUT2D eigenvalue weighted by molar-refractivity contribution is -0.138. The highest BCUT2D eigenvalue weighted by atomic mass is 19.4. The predicted octanol–water partition coefficient (Wildman–Crippen LogP) is 2.79. The van der Waals surface area contributed by atoms with Crippen LogP contribution in [0.2, 0.25) is 0 Å². The van der Waals surface area contributed by atoms with Crippen molar-refractivity contribution in [2.24, 2.45) is 4.99 Å². The quantitative estimate of drug-likeness (QED) is 0.716.